The first kappa shape index (κ1) is 37.7. The van der Waals surface area contributed by atoms with Gasteiger partial charge in [0.2, 0.25) is 0 Å². The second kappa shape index (κ2) is 18.1. The fourth-order valence-corrected chi connectivity index (χ4v) is 9.17. The molecule has 0 spiro atoms. The summed E-state index contributed by atoms with van der Waals surface area (Å²) >= 11 is 0. The maximum Gasteiger partial charge on any atom is 0.0316 e. The Morgan fingerprint density at radius 3 is 1.36 bits per heavy atom. The van der Waals surface area contributed by atoms with Gasteiger partial charge in [-0.05, 0) is 114 Å². The van der Waals surface area contributed by atoms with Crippen molar-refractivity contribution in [1.29, 1.82) is 0 Å². The molecule has 2 atom stereocenters. The van der Waals surface area contributed by atoms with E-state index in [1.165, 1.54) is 141 Å². The van der Waals surface area contributed by atoms with Crippen molar-refractivity contribution in [3.8, 4) is 0 Å². The minimum Gasteiger partial charge on any atom is -0.399 e. The van der Waals surface area contributed by atoms with Crippen LogP contribution < -0.4 is 11.5 Å². The van der Waals surface area contributed by atoms with Gasteiger partial charge in [0.1, 0.15) is 0 Å². The Morgan fingerprint density at radius 1 is 0.560 bits per heavy atom. The molecule has 0 radical (unpaired) electrons. The van der Waals surface area contributed by atoms with E-state index in [1.807, 2.05) is 0 Å². The number of unbranched alkanes of at least 4 members (excludes halogenated alkanes) is 6. The summed E-state index contributed by atoms with van der Waals surface area (Å²) in [5.41, 5.74) is 25.3. The molecule has 4 aromatic rings. The molecule has 1 aliphatic carbocycles. The van der Waals surface area contributed by atoms with Gasteiger partial charge >= 0.3 is 0 Å². The maximum absolute atomic E-state index is 6.20. The van der Waals surface area contributed by atoms with Crippen LogP contribution in [0.15, 0.2) is 84.9 Å². The lowest BCUT2D eigenvalue weighted by molar-refractivity contribution is 0.254. The summed E-state index contributed by atoms with van der Waals surface area (Å²) in [4.78, 5) is 0. The summed E-state index contributed by atoms with van der Waals surface area (Å²) in [6.07, 6.45) is 19.3. The van der Waals surface area contributed by atoms with Crippen molar-refractivity contribution in [3.63, 3.8) is 0 Å². The van der Waals surface area contributed by atoms with Crippen LogP contribution in [0.25, 0.3) is 0 Å². The third-order valence-electron chi connectivity index (χ3n) is 12.3. The summed E-state index contributed by atoms with van der Waals surface area (Å²) < 4.78 is 0. The summed E-state index contributed by atoms with van der Waals surface area (Å²) in [6, 6.07) is 32.8. The number of aryl methyl sites for hydroxylation is 2. The van der Waals surface area contributed by atoms with Gasteiger partial charge in [0.25, 0.3) is 0 Å². The molecule has 0 aromatic heterocycles. The number of hydrogen-bond acceptors (Lipinski definition) is 2. The monoisotopic (exact) mass is 671 g/mol. The van der Waals surface area contributed by atoms with Crippen LogP contribution in [0, 0.1) is 19.8 Å². The maximum atomic E-state index is 6.20. The molecule has 268 valence electrons. The lowest BCUT2D eigenvalue weighted by Gasteiger charge is -2.41. The number of benzene rings is 4. The third kappa shape index (κ3) is 9.03. The van der Waals surface area contributed by atoms with Crippen molar-refractivity contribution < 1.29 is 0 Å². The molecule has 1 aliphatic rings. The van der Waals surface area contributed by atoms with E-state index in [0.717, 1.165) is 11.4 Å². The second-order valence-corrected chi connectivity index (χ2v) is 15.8. The number of anilines is 2. The van der Waals surface area contributed by atoms with E-state index < -0.39 is 0 Å². The molecule has 4 N–H and O–H groups in total. The van der Waals surface area contributed by atoms with Crippen LogP contribution in [0.1, 0.15) is 173 Å². The fraction of sp³-hybridized carbons (Fsp3) is 0.500. The summed E-state index contributed by atoms with van der Waals surface area (Å²) in [6.45, 7) is 11.6. The zero-order chi connectivity index (χ0) is 35.5. The van der Waals surface area contributed by atoms with E-state index >= 15 is 0 Å². The smallest absolute Gasteiger partial charge is 0.0316 e. The van der Waals surface area contributed by atoms with E-state index in [9.17, 15) is 0 Å². The molecule has 0 aliphatic heterocycles. The Morgan fingerprint density at radius 2 is 0.980 bits per heavy atom. The van der Waals surface area contributed by atoms with Gasteiger partial charge in [-0.1, -0.05) is 152 Å². The lowest BCUT2D eigenvalue weighted by Crippen LogP contribution is -2.35. The molecule has 1 saturated carbocycles. The van der Waals surface area contributed by atoms with E-state index in [4.69, 9.17) is 11.5 Å². The van der Waals surface area contributed by atoms with Gasteiger partial charge in [0, 0.05) is 28.6 Å². The highest BCUT2D eigenvalue weighted by Crippen LogP contribution is 2.47. The summed E-state index contributed by atoms with van der Waals surface area (Å²) in [7, 11) is 0. The molecule has 2 nitrogen and oxygen atoms in total. The number of nitrogens with two attached hydrogens (primary N) is 2. The minimum atomic E-state index is -0.0288. The van der Waals surface area contributed by atoms with Crippen LogP contribution in [0.4, 0.5) is 11.4 Å². The Balaban J connectivity index is 1.49. The average molecular weight is 671 g/mol. The Hall–Kier alpha value is -3.52. The Kier molecular flexibility index (Phi) is 13.7. The first-order chi connectivity index (χ1) is 24.3. The minimum absolute atomic E-state index is 0.0288. The first-order valence-electron chi connectivity index (χ1n) is 20.2. The predicted octanol–water partition coefficient (Wildman–Crippen LogP) is 13.6. The van der Waals surface area contributed by atoms with Crippen LogP contribution in [0.2, 0.25) is 0 Å². The highest BCUT2D eigenvalue weighted by molar-refractivity contribution is 5.50. The molecule has 0 amide bonds. The number of hydrogen-bond donors (Lipinski definition) is 2. The second-order valence-electron chi connectivity index (χ2n) is 15.8. The lowest BCUT2D eigenvalue weighted by atomic mass is 9.62. The van der Waals surface area contributed by atoms with Gasteiger partial charge in [-0.3, -0.25) is 0 Å². The molecule has 5 rings (SSSR count). The standard InChI is InChI=1S/C48H66N2/c1-6-8-10-15-19-46(44-31-29-42(49)33-35(44)3)37-21-25-40(26-22-37)48(5,39-17-13-12-14-18-39)41-27-23-38(24-28-41)47(20-16-11-9-7-2)45-32-30-43(50)34-36(45)4/h21-34,39,46-47H,6-20,49-50H2,1-5H3. The van der Waals surface area contributed by atoms with Crippen molar-refractivity contribution in [2.75, 3.05) is 11.5 Å². The molecule has 0 heterocycles. The SMILES string of the molecule is CCCCCCC(c1ccc(C(C)(c2ccc(C(CCCCCC)c3ccc(N)cc3C)cc2)C2CCCCC2)cc1)c1ccc(N)cc1C. The normalized spacial score (nSPS) is 16.2. The van der Waals surface area contributed by atoms with Crippen molar-refractivity contribution in [1.82, 2.24) is 0 Å². The summed E-state index contributed by atoms with van der Waals surface area (Å²) in [5.74, 6) is 1.43. The molecular weight excluding hydrogens is 605 g/mol. The van der Waals surface area contributed by atoms with Gasteiger partial charge in [-0.2, -0.15) is 0 Å². The predicted molar refractivity (Wildman–Crippen MR) is 218 cm³/mol. The zero-order valence-electron chi connectivity index (χ0n) is 32.1. The highest BCUT2D eigenvalue weighted by atomic mass is 14.5. The van der Waals surface area contributed by atoms with E-state index in [2.05, 4.69) is 120 Å². The first-order valence-corrected chi connectivity index (χ1v) is 20.2. The van der Waals surface area contributed by atoms with Crippen LogP contribution >= 0.6 is 0 Å². The van der Waals surface area contributed by atoms with Gasteiger partial charge in [-0.15, -0.1) is 0 Å². The molecule has 0 bridgehead atoms. The largest absolute Gasteiger partial charge is 0.399 e. The van der Waals surface area contributed by atoms with E-state index in [-0.39, 0.29) is 5.41 Å². The Labute approximate surface area is 305 Å². The van der Waals surface area contributed by atoms with Gasteiger partial charge in [-0.25, -0.2) is 0 Å². The van der Waals surface area contributed by atoms with Gasteiger partial charge < -0.3 is 11.5 Å². The van der Waals surface area contributed by atoms with Crippen LogP contribution in [-0.4, -0.2) is 0 Å². The van der Waals surface area contributed by atoms with Crippen molar-refractivity contribution in [3.05, 3.63) is 129 Å². The fourth-order valence-electron chi connectivity index (χ4n) is 9.17. The zero-order valence-corrected chi connectivity index (χ0v) is 32.1. The molecular formula is C48H66N2. The van der Waals surface area contributed by atoms with Gasteiger partial charge in [0.15, 0.2) is 0 Å². The Bertz CT molecular complexity index is 1500. The van der Waals surface area contributed by atoms with Gasteiger partial charge in [0.05, 0.1) is 0 Å². The third-order valence-corrected chi connectivity index (χ3v) is 12.3. The average Bonchev–Trinajstić information content (AvgIpc) is 3.13. The number of rotatable bonds is 17. The van der Waals surface area contributed by atoms with Crippen LogP contribution in [0.3, 0.4) is 0 Å². The molecule has 4 aromatic carbocycles. The molecule has 1 fully saturated rings. The summed E-state index contributed by atoms with van der Waals surface area (Å²) in [5, 5.41) is 0. The van der Waals surface area contributed by atoms with Crippen LogP contribution in [0.5, 0.6) is 0 Å². The van der Waals surface area contributed by atoms with Crippen molar-refractivity contribution in [2.45, 2.75) is 148 Å². The quantitative estimate of drug-likeness (QED) is 0.0867. The van der Waals surface area contributed by atoms with E-state index in [0.29, 0.717) is 17.8 Å². The molecule has 50 heavy (non-hydrogen) atoms. The van der Waals surface area contributed by atoms with Crippen molar-refractivity contribution in [2.24, 2.45) is 5.92 Å². The molecule has 2 unspecified atom stereocenters. The number of nitrogen functional groups attached to an aromatic ring is 2. The molecule has 0 saturated heterocycles. The highest BCUT2D eigenvalue weighted by Gasteiger charge is 2.38. The topological polar surface area (TPSA) is 52.0 Å². The van der Waals surface area contributed by atoms with Crippen molar-refractivity contribution >= 4 is 11.4 Å². The van der Waals surface area contributed by atoms with Crippen LogP contribution in [-0.2, 0) is 5.41 Å². The van der Waals surface area contributed by atoms with E-state index in [1.54, 1.807) is 0 Å². The molecule has 2 heteroatoms.